The highest BCUT2D eigenvalue weighted by molar-refractivity contribution is 5.99. The van der Waals surface area contributed by atoms with Gasteiger partial charge in [0.1, 0.15) is 11.6 Å². The van der Waals surface area contributed by atoms with Crippen molar-refractivity contribution < 1.29 is 9.59 Å². The summed E-state index contributed by atoms with van der Waals surface area (Å²) in [5.41, 5.74) is -0.726. The Labute approximate surface area is 120 Å². The summed E-state index contributed by atoms with van der Waals surface area (Å²) in [6.45, 7) is 7.66. The molecule has 1 N–H and O–H groups in total. The van der Waals surface area contributed by atoms with E-state index in [0.717, 1.165) is 25.6 Å². The molecule has 0 aromatic rings. The molecule has 3 unspecified atom stereocenters. The molecule has 2 saturated heterocycles. The third-order valence-corrected chi connectivity index (χ3v) is 5.26. The standard InChI is InChI=1S/C15H25N3O2/c1-4-15(3)14(20)18(10(2)13(19)16-15)12-7-8-17(9-12)11-5-6-11/h10-12H,4-9H2,1-3H3,(H,16,19). The molecule has 0 bridgehead atoms. The van der Waals surface area contributed by atoms with Gasteiger partial charge in [-0.1, -0.05) is 6.92 Å². The van der Waals surface area contributed by atoms with Crippen LogP contribution < -0.4 is 5.32 Å². The molecular weight excluding hydrogens is 254 g/mol. The molecular formula is C15H25N3O2. The zero-order valence-electron chi connectivity index (χ0n) is 12.7. The molecule has 2 amide bonds. The third-order valence-electron chi connectivity index (χ3n) is 5.26. The van der Waals surface area contributed by atoms with Crippen LogP contribution in [0.4, 0.5) is 0 Å². The Balaban J connectivity index is 1.78. The quantitative estimate of drug-likeness (QED) is 0.829. The van der Waals surface area contributed by atoms with Gasteiger partial charge in [0.15, 0.2) is 0 Å². The summed E-state index contributed by atoms with van der Waals surface area (Å²) in [5, 5.41) is 2.90. The predicted octanol–water partition coefficient (Wildman–Crippen LogP) is 0.739. The van der Waals surface area contributed by atoms with Crippen LogP contribution in [-0.4, -0.2) is 58.4 Å². The van der Waals surface area contributed by atoms with Gasteiger partial charge >= 0.3 is 0 Å². The first-order valence-corrected chi connectivity index (χ1v) is 7.85. The number of rotatable bonds is 3. The zero-order valence-corrected chi connectivity index (χ0v) is 12.7. The maximum Gasteiger partial charge on any atom is 0.248 e. The molecule has 2 heterocycles. The lowest BCUT2D eigenvalue weighted by Crippen LogP contribution is -2.70. The second-order valence-corrected chi connectivity index (χ2v) is 6.73. The van der Waals surface area contributed by atoms with Crippen LogP contribution in [0.25, 0.3) is 0 Å². The summed E-state index contributed by atoms with van der Waals surface area (Å²) in [6.07, 6.45) is 4.23. The van der Waals surface area contributed by atoms with Crippen LogP contribution >= 0.6 is 0 Å². The van der Waals surface area contributed by atoms with E-state index in [1.54, 1.807) is 0 Å². The molecule has 0 spiro atoms. The zero-order chi connectivity index (χ0) is 14.5. The minimum Gasteiger partial charge on any atom is -0.340 e. The van der Waals surface area contributed by atoms with E-state index in [4.69, 9.17) is 0 Å². The summed E-state index contributed by atoms with van der Waals surface area (Å²) in [5.74, 6) is 0.0774. The lowest BCUT2D eigenvalue weighted by atomic mass is 9.91. The van der Waals surface area contributed by atoms with Crippen molar-refractivity contribution in [2.75, 3.05) is 13.1 Å². The smallest absolute Gasteiger partial charge is 0.248 e. The van der Waals surface area contributed by atoms with Crippen LogP contribution in [0.5, 0.6) is 0 Å². The fourth-order valence-corrected chi connectivity index (χ4v) is 3.51. The summed E-state index contributed by atoms with van der Waals surface area (Å²) in [6, 6.07) is 0.600. The highest BCUT2D eigenvalue weighted by Crippen LogP contribution is 2.33. The Morgan fingerprint density at radius 3 is 2.55 bits per heavy atom. The topological polar surface area (TPSA) is 52.7 Å². The van der Waals surface area contributed by atoms with Gasteiger partial charge in [0.25, 0.3) is 0 Å². The second kappa shape index (κ2) is 4.72. The fraction of sp³-hybridized carbons (Fsp3) is 0.867. The van der Waals surface area contributed by atoms with Crippen LogP contribution in [0.15, 0.2) is 0 Å². The molecule has 0 aromatic heterocycles. The minimum absolute atomic E-state index is 0.0150. The van der Waals surface area contributed by atoms with E-state index in [-0.39, 0.29) is 23.9 Å². The van der Waals surface area contributed by atoms with Crippen molar-refractivity contribution in [2.24, 2.45) is 0 Å². The fourth-order valence-electron chi connectivity index (χ4n) is 3.51. The number of amides is 2. The molecule has 5 nitrogen and oxygen atoms in total. The summed E-state index contributed by atoms with van der Waals surface area (Å²) in [4.78, 5) is 29.3. The largest absolute Gasteiger partial charge is 0.340 e. The van der Waals surface area contributed by atoms with Crippen LogP contribution in [0, 0.1) is 0 Å². The lowest BCUT2D eigenvalue weighted by molar-refractivity contribution is -0.156. The lowest BCUT2D eigenvalue weighted by Gasteiger charge is -2.45. The maximum atomic E-state index is 12.8. The minimum atomic E-state index is -0.726. The van der Waals surface area contributed by atoms with E-state index in [1.165, 1.54) is 12.8 Å². The number of hydrogen-bond acceptors (Lipinski definition) is 3. The highest BCUT2D eigenvalue weighted by Gasteiger charge is 2.49. The van der Waals surface area contributed by atoms with Crippen LogP contribution in [0.3, 0.4) is 0 Å². The van der Waals surface area contributed by atoms with Crippen molar-refractivity contribution >= 4 is 11.8 Å². The molecule has 3 atom stereocenters. The van der Waals surface area contributed by atoms with Crippen molar-refractivity contribution in [1.29, 1.82) is 0 Å². The first-order valence-electron chi connectivity index (χ1n) is 7.85. The van der Waals surface area contributed by atoms with Crippen molar-refractivity contribution in [3.8, 4) is 0 Å². The number of nitrogens with one attached hydrogen (secondary N) is 1. The van der Waals surface area contributed by atoms with E-state index in [2.05, 4.69) is 10.2 Å². The average Bonchev–Trinajstić information content (AvgIpc) is 3.17. The van der Waals surface area contributed by atoms with E-state index in [1.807, 2.05) is 25.7 Å². The number of nitrogens with zero attached hydrogens (tertiary/aromatic N) is 2. The van der Waals surface area contributed by atoms with Gasteiger partial charge < -0.3 is 10.2 Å². The first kappa shape index (κ1) is 13.9. The van der Waals surface area contributed by atoms with Crippen LogP contribution in [0.2, 0.25) is 0 Å². The molecule has 0 aromatic carbocycles. The van der Waals surface area contributed by atoms with E-state index < -0.39 is 5.54 Å². The molecule has 1 aliphatic carbocycles. The van der Waals surface area contributed by atoms with Crippen molar-refractivity contribution in [3.63, 3.8) is 0 Å². The number of carbonyl (C=O) groups excluding carboxylic acids is 2. The SMILES string of the molecule is CCC1(C)NC(=O)C(C)N(C2CCN(C3CC3)C2)C1=O. The second-order valence-electron chi connectivity index (χ2n) is 6.73. The van der Waals surface area contributed by atoms with Gasteiger partial charge in [0.05, 0.1) is 0 Å². The Bertz CT molecular complexity index is 435. The molecule has 1 saturated carbocycles. The van der Waals surface area contributed by atoms with Gasteiger partial charge in [-0.2, -0.15) is 0 Å². The molecule has 3 aliphatic rings. The molecule has 112 valence electrons. The molecule has 0 radical (unpaired) electrons. The molecule has 20 heavy (non-hydrogen) atoms. The predicted molar refractivity (Wildman–Crippen MR) is 76.1 cm³/mol. The average molecular weight is 279 g/mol. The van der Waals surface area contributed by atoms with E-state index in [0.29, 0.717) is 6.42 Å². The first-order chi connectivity index (χ1) is 9.46. The number of likely N-dealkylation sites (tertiary alicyclic amines) is 1. The van der Waals surface area contributed by atoms with Gasteiger partial charge in [-0.25, -0.2) is 0 Å². The van der Waals surface area contributed by atoms with E-state index in [9.17, 15) is 9.59 Å². The Hall–Kier alpha value is -1.10. The van der Waals surface area contributed by atoms with Crippen LogP contribution in [-0.2, 0) is 9.59 Å². The summed E-state index contributed by atoms with van der Waals surface area (Å²) < 4.78 is 0. The third kappa shape index (κ3) is 2.12. The van der Waals surface area contributed by atoms with Crippen molar-refractivity contribution in [2.45, 2.75) is 70.1 Å². The number of piperazine rings is 1. The Morgan fingerprint density at radius 2 is 1.95 bits per heavy atom. The van der Waals surface area contributed by atoms with Gasteiger partial charge in [-0.15, -0.1) is 0 Å². The molecule has 3 rings (SSSR count). The Kier molecular flexibility index (Phi) is 3.27. The number of carbonyl (C=O) groups is 2. The molecule has 5 heteroatoms. The molecule has 2 aliphatic heterocycles. The highest BCUT2D eigenvalue weighted by atomic mass is 16.2. The molecule has 3 fully saturated rings. The normalized spacial score (nSPS) is 39.2. The maximum absolute atomic E-state index is 12.8. The van der Waals surface area contributed by atoms with Crippen molar-refractivity contribution in [3.05, 3.63) is 0 Å². The summed E-state index contributed by atoms with van der Waals surface area (Å²) in [7, 11) is 0. The Morgan fingerprint density at radius 1 is 1.25 bits per heavy atom. The van der Waals surface area contributed by atoms with Gasteiger partial charge in [0.2, 0.25) is 11.8 Å². The van der Waals surface area contributed by atoms with E-state index >= 15 is 0 Å². The van der Waals surface area contributed by atoms with Crippen molar-refractivity contribution in [1.82, 2.24) is 15.1 Å². The van der Waals surface area contributed by atoms with Gasteiger partial charge in [-0.05, 0) is 39.5 Å². The van der Waals surface area contributed by atoms with Gasteiger partial charge in [0, 0.05) is 25.2 Å². The summed E-state index contributed by atoms with van der Waals surface area (Å²) >= 11 is 0. The number of hydrogen-bond donors (Lipinski definition) is 1. The van der Waals surface area contributed by atoms with Gasteiger partial charge in [-0.3, -0.25) is 14.5 Å². The monoisotopic (exact) mass is 279 g/mol. The van der Waals surface area contributed by atoms with Crippen LogP contribution in [0.1, 0.15) is 46.5 Å².